The molecule has 1 amide bonds. The van der Waals surface area contributed by atoms with E-state index in [1.165, 1.54) is 11.3 Å². The van der Waals surface area contributed by atoms with E-state index in [-0.39, 0.29) is 5.91 Å². The Kier molecular flexibility index (Phi) is 4.96. The molecule has 0 saturated carbocycles. The number of carbonyl (C=O) groups excluding carboxylic acids is 1. The molecule has 0 aliphatic heterocycles. The van der Waals surface area contributed by atoms with Crippen LogP contribution < -0.4 is 10.6 Å². The zero-order valence-corrected chi connectivity index (χ0v) is 11.0. The van der Waals surface area contributed by atoms with Crippen molar-refractivity contribution in [2.75, 3.05) is 18.4 Å². The summed E-state index contributed by atoms with van der Waals surface area (Å²) in [4.78, 5) is 15.5. The van der Waals surface area contributed by atoms with Crippen molar-refractivity contribution < 1.29 is 4.79 Å². The minimum absolute atomic E-state index is 0.273. The first-order chi connectivity index (χ1) is 9.34. The zero-order chi connectivity index (χ0) is 13.3. The second kappa shape index (κ2) is 7.19. The van der Waals surface area contributed by atoms with Crippen LogP contribution in [0.15, 0.2) is 41.9 Å². The van der Waals surface area contributed by atoms with E-state index >= 15 is 0 Å². The average Bonchev–Trinajstić information content (AvgIpc) is 2.96. The predicted molar refractivity (Wildman–Crippen MR) is 76.9 cm³/mol. The van der Waals surface area contributed by atoms with E-state index in [1.807, 2.05) is 35.7 Å². The maximum Gasteiger partial charge on any atom is 0.296 e. The summed E-state index contributed by atoms with van der Waals surface area (Å²) in [5.74, 6) is 5.08. The lowest BCUT2D eigenvalue weighted by Crippen LogP contribution is -2.27. The van der Waals surface area contributed by atoms with Gasteiger partial charge in [-0.2, -0.15) is 0 Å². The molecule has 19 heavy (non-hydrogen) atoms. The Morgan fingerprint density at radius 2 is 2.11 bits per heavy atom. The summed E-state index contributed by atoms with van der Waals surface area (Å²) in [5, 5.41) is 8.56. The molecule has 0 spiro atoms. The fourth-order valence-electron chi connectivity index (χ4n) is 1.35. The smallest absolute Gasteiger partial charge is 0.296 e. The van der Waals surface area contributed by atoms with E-state index in [0.717, 1.165) is 10.7 Å². The predicted octanol–water partition coefficient (Wildman–Crippen LogP) is 1.72. The van der Waals surface area contributed by atoms with Crippen LogP contribution in [-0.2, 0) is 4.79 Å². The largest absolute Gasteiger partial charge is 0.360 e. The van der Waals surface area contributed by atoms with Crippen molar-refractivity contribution in [1.82, 2.24) is 10.3 Å². The Balaban J connectivity index is 1.69. The number of amides is 1. The van der Waals surface area contributed by atoms with Crippen molar-refractivity contribution in [3.05, 3.63) is 47.5 Å². The fraction of sp³-hybridized carbons (Fsp3) is 0.143. The Morgan fingerprint density at radius 3 is 2.84 bits per heavy atom. The Bertz CT molecular complexity index is 570. The average molecular weight is 271 g/mol. The molecule has 0 bridgehead atoms. The molecule has 0 radical (unpaired) electrons. The van der Waals surface area contributed by atoms with Crippen LogP contribution in [0.5, 0.6) is 0 Å². The SMILES string of the molecule is O=C(C#Cc1ccccc1)NCCNc1nccs1. The van der Waals surface area contributed by atoms with Gasteiger partial charge < -0.3 is 10.6 Å². The molecule has 0 unspecified atom stereocenters. The maximum absolute atomic E-state index is 11.5. The van der Waals surface area contributed by atoms with Crippen molar-refractivity contribution in [3.8, 4) is 11.8 Å². The molecule has 5 heteroatoms. The maximum atomic E-state index is 11.5. The van der Waals surface area contributed by atoms with E-state index in [4.69, 9.17) is 0 Å². The van der Waals surface area contributed by atoms with Gasteiger partial charge in [-0.25, -0.2) is 4.98 Å². The number of carbonyl (C=O) groups is 1. The molecule has 0 atom stereocenters. The van der Waals surface area contributed by atoms with Gasteiger partial charge in [-0.05, 0) is 12.1 Å². The molecular weight excluding hydrogens is 258 g/mol. The summed E-state index contributed by atoms with van der Waals surface area (Å²) in [7, 11) is 0. The molecule has 2 N–H and O–H groups in total. The van der Waals surface area contributed by atoms with Crippen LogP contribution in [0.4, 0.5) is 5.13 Å². The van der Waals surface area contributed by atoms with Crippen LogP contribution in [0, 0.1) is 11.8 Å². The summed E-state index contributed by atoms with van der Waals surface area (Å²) in [6, 6.07) is 9.42. The van der Waals surface area contributed by atoms with E-state index in [1.54, 1.807) is 6.20 Å². The van der Waals surface area contributed by atoms with Crippen molar-refractivity contribution in [2.45, 2.75) is 0 Å². The Labute approximate surface area is 115 Å². The number of nitrogens with zero attached hydrogens (tertiary/aromatic N) is 1. The highest BCUT2D eigenvalue weighted by molar-refractivity contribution is 7.13. The van der Waals surface area contributed by atoms with Crippen molar-refractivity contribution in [3.63, 3.8) is 0 Å². The summed E-state index contributed by atoms with van der Waals surface area (Å²) in [5.41, 5.74) is 0.832. The number of rotatable bonds is 4. The number of hydrogen-bond donors (Lipinski definition) is 2. The lowest BCUT2D eigenvalue weighted by Gasteiger charge is -2.01. The molecule has 0 aliphatic carbocycles. The summed E-state index contributed by atoms with van der Waals surface area (Å²) in [6.45, 7) is 1.15. The standard InChI is InChI=1S/C14H13N3OS/c18-13(7-6-12-4-2-1-3-5-12)15-8-9-16-14-17-10-11-19-14/h1-5,10-11H,8-9H2,(H,15,18)(H,16,17). The Morgan fingerprint density at radius 1 is 1.26 bits per heavy atom. The molecule has 2 rings (SSSR count). The van der Waals surface area contributed by atoms with Gasteiger partial charge in [0.1, 0.15) is 0 Å². The van der Waals surface area contributed by atoms with Crippen LogP contribution in [0.3, 0.4) is 0 Å². The van der Waals surface area contributed by atoms with Gasteiger partial charge in [-0.1, -0.05) is 24.1 Å². The molecule has 4 nitrogen and oxygen atoms in total. The quantitative estimate of drug-likeness (QED) is 0.657. The summed E-state index contributed by atoms with van der Waals surface area (Å²) >= 11 is 1.53. The number of thiazole rings is 1. The van der Waals surface area contributed by atoms with Crippen LogP contribution >= 0.6 is 11.3 Å². The minimum atomic E-state index is -0.273. The molecule has 1 aromatic heterocycles. The van der Waals surface area contributed by atoms with E-state index < -0.39 is 0 Å². The van der Waals surface area contributed by atoms with Crippen LogP contribution in [0.1, 0.15) is 5.56 Å². The number of aromatic nitrogens is 1. The first-order valence-corrected chi connectivity index (χ1v) is 6.71. The number of hydrogen-bond acceptors (Lipinski definition) is 4. The lowest BCUT2D eigenvalue weighted by atomic mass is 10.2. The fourth-order valence-corrected chi connectivity index (χ4v) is 1.91. The van der Waals surface area contributed by atoms with Gasteiger partial charge in [0.25, 0.3) is 5.91 Å². The monoisotopic (exact) mass is 271 g/mol. The Hall–Kier alpha value is -2.32. The van der Waals surface area contributed by atoms with Gasteiger partial charge in [-0.15, -0.1) is 11.3 Å². The number of anilines is 1. The lowest BCUT2D eigenvalue weighted by molar-refractivity contribution is -0.115. The highest BCUT2D eigenvalue weighted by atomic mass is 32.1. The molecule has 0 fully saturated rings. The minimum Gasteiger partial charge on any atom is -0.360 e. The molecule has 96 valence electrons. The van der Waals surface area contributed by atoms with E-state index in [9.17, 15) is 4.79 Å². The van der Waals surface area contributed by atoms with Gasteiger partial charge in [0.05, 0.1) is 0 Å². The van der Waals surface area contributed by atoms with Gasteiger partial charge in [0, 0.05) is 36.2 Å². The third-order valence-electron chi connectivity index (χ3n) is 2.21. The van der Waals surface area contributed by atoms with Crippen molar-refractivity contribution >= 4 is 22.4 Å². The third-order valence-corrected chi connectivity index (χ3v) is 2.94. The molecule has 0 aliphatic rings. The highest BCUT2D eigenvalue weighted by Crippen LogP contribution is 2.08. The summed E-state index contributed by atoms with van der Waals surface area (Å²) < 4.78 is 0. The van der Waals surface area contributed by atoms with Gasteiger partial charge in [0.15, 0.2) is 5.13 Å². The van der Waals surface area contributed by atoms with E-state index in [2.05, 4.69) is 27.5 Å². The molecule has 0 saturated heterocycles. The molecule has 1 aromatic carbocycles. The molecule has 2 aromatic rings. The van der Waals surface area contributed by atoms with Gasteiger partial charge in [0.2, 0.25) is 0 Å². The normalized spacial score (nSPS) is 9.26. The van der Waals surface area contributed by atoms with E-state index in [0.29, 0.717) is 13.1 Å². The topological polar surface area (TPSA) is 54.0 Å². The second-order valence-corrected chi connectivity index (χ2v) is 4.53. The molecular formula is C14H13N3OS. The van der Waals surface area contributed by atoms with Gasteiger partial charge in [-0.3, -0.25) is 4.79 Å². The number of benzene rings is 1. The van der Waals surface area contributed by atoms with Crippen molar-refractivity contribution in [2.24, 2.45) is 0 Å². The number of nitrogens with one attached hydrogen (secondary N) is 2. The third kappa shape index (κ3) is 4.82. The first kappa shape index (κ1) is 13.1. The first-order valence-electron chi connectivity index (χ1n) is 5.83. The summed E-state index contributed by atoms with van der Waals surface area (Å²) in [6.07, 6.45) is 1.73. The molecule has 1 heterocycles. The zero-order valence-electron chi connectivity index (χ0n) is 10.2. The van der Waals surface area contributed by atoms with Crippen LogP contribution in [0.25, 0.3) is 0 Å². The van der Waals surface area contributed by atoms with Crippen molar-refractivity contribution in [1.29, 1.82) is 0 Å². The second-order valence-electron chi connectivity index (χ2n) is 3.64. The highest BCUT2D eigenvalue weighted by Gasteiger charge is 1.96. The van der Waals surface area contributed by atoms with Gasteiger partial charge >= 0.3 is 0 Å². The van der Waals surface area contributed by atoms with Crippen LogP contribution in [0.2, 0.25) is 0 Å². The van der Waals surface area contributed by atoms with Crippen LogP contribution in [-0.4, -0.2) is 24.0 Å².